The molecule has 2 heterocycles. The molecule has 10 heteroatoms. The fourth-order valence-corrected chi connectivity index (χ4v) is 6.36. The van der Waals surface area contributed by atoms with Gasteiger partial charge in [-0.05, 0) is 78.8 Å². The Labute approximate surface area is 201 Å². The molecule has 3 atom stereocenters. The average Bonchev–Trinajstić information content (AvgIpc) is 3.63. The van der Waals surface area contributed by atoms with E-state index in [0.29, 0.717) is 5.56 Å². The zero-order valence-electron chi connectivity index (χ0n) is 18.7. The molecule has 1 aromatic heterocycles. The zero-order valence-corrected chi connectivity index (χ0v) is 19.5. The Morgan fingerprint density at radius 2 is 1.66 bits per heavy atom. The minimum Gasteiger partial charge on any atom is -0.376 e. The van der Waals surface area contributed by atoms with Crippen LogP contribution < -0.4 is 9.50 Å². The van der Waals surface area contributed by atoms with Crippen LogP contribution in [-0.4, -0.2) is 30.4 Å². The molecule has 1 aliphatic heterocycles. The quantitative estimate of drug-likeness (QED) is 0.342. The molecule has 1 saturated carbocycles. The van der Waals surface area contributed by atoms with Gasteiger partial charge in [-0.2, -0.15) is 21.6 Å². The van der Waals surface area contributed by atoms with E-state index in [0.717, 1.165) is 72.4 Å². The lowest BCUT2D eigenvalue weighted by molar-refractivity contribution is -0.0500. The van der Waals surface area contributed by atoms with Crippen molar-refractivity contribution < 1.29 is 25.8 Å². The van der Waals surface area contributed by atoms with Gasteiger partial charge < -0.3 is 14.5 Å². The molecule has 184 valence electrons. The summed E-state index contributed by atoms with van der Waals surface area (Å²) in [5, 5.41) is 3.43. The minimum atomic E-state index is -5.72. The van der Waals surface area contributed by atoms with Crippen molar-refractivity contribution in [2.45, 2.75) is 55.5 Å². The molecular formula is C25H24F3N3O3S. The van der Waals surface area contributed by atoms with Gasteiger partial charge in [-0.15, -0.1) is 0 Å². The predicted octanol–water partition coefficient (Wildman–Crippen LogP) is 5.76. The number of aromatic nitrogens is 2. The smallest absolute Gasteiger partial charge is 0.376 e. The van der Waals surface area contributed by atoms with Crippen LogP contribution in [0.1, 0.15) is 66.9 Å². The summed E-state index contributed by atoms with van der Waals surface area (Å²) in [6.45, 7) is 0.994. The third-order valence-corrected chi connectivity index (χ3v) is 8.44. The van der Waals surface area contributed by atoms with E-state index in [1.807, 2.05) is 30.5 Å². The van der Waals surface area contributed by atoms with E-state index < -0.39 is 15.6 Å². The maximum Gasteiger partial charge on any atom is 0.534 e. The van der Waals surface area contributed by atoms with Gasteiger partial charge in [0.25, 0.3) is 0 Å². The summed E-state index contributed by atoms with van der Waals surface area (Å²) < 4.78 is 66.8. The Balaban J connectivity index is 1.33. The van der Waals surface area contributed by atoms with Gasteiger partial charge in [0.05, 0.1) is 17.9 Å². The Kier molecular flexibility index (Phi) is 5.23. The molecule has 1 saturated heterocycles. The second-order valence-electron chi connectivity index (χ2n) is 9.54. The fraction of sp³-hybridized carbons (Fsp3) is 0.400. The van der Waals surface area contributed by atoms with E-state index in [1.165, 1.54) is 6.07 Å². The van der Waals surface area contributed by atoms with E-state index in [9.17, 15) is 21.6 Å². The van der Waals surface area contributed by atoms with Crippen molar-refractivity contribution in [3.05, 3.63) is 59.5 Å². The molecule has 2 aromatic carbocycles. The van der Waals surface area contributed by atoms with E-state index in [-0.39, 0.29) is 23.6 Å². The highest BCUT2D eigenvalue weighted by Crippen LogP contribution is 2.58. The summed E-state index contributed by atoms with van der Waals surface area (Å²) in [6.07, 6.45) is 6.58. The summed E-state index contributed by atoms with van der Waals surface area (Å²) in [4.78, 5) is 7.92. The van der Waals surface area contributed by atoms with Crippen molar-refractivity contribution in [1.29, 1.82) is 0 Å². The molecule has 2 fully saturated rings. The van der Waals surface area contributed by atoms with Crippen molar-refractivity contribution in [2.24, 2.45) is 0 Å². The molecule has 0 radical (unpaired) electrons. The number of aromatic amines is 1. The minimum absolute atomic E-state index is 0.0141. The number of hydrogen-bond acceptors (Lipinski definition) is 5. The van der Waals surface area contributed by atoms with Crippen molar-refractivity contribution >= 4 is 10.1 Å². The molecule has 2 bridgehead atoms. The second-order valence-corrected chi connectivity index (χ2v) is 11.1. The summed E-state index contributed by atoms with van der Waals surface area (Å²) in [6, 6.07) is 11.2. The van der Waals surface area contributed by atoms with Gasteiger partial charge in [0, 0.05) is 5.56 Å². The number of H-pyrrole nitrogens is 1. The van der Waals surface area contributed by atoms with E-state index >= 15 is 0 Å². The monoisotopic (exact) mass is 503 g/mol. The van der Waals surface area contributed by atoms with Crippen molar-refractivity contribution in [1.82, 2.24) is 15.3 Å². The third kappa shape index (κ3) is 3.83. The highest BCUT2D eigenvalue weighted by Gasteiger charge is 2.50. The lowest BCUT2D eigenvalue weighted by Crippen LogP contribution is -2.28. The predicted molar refractivity (Wildman–Crippen MR) is 124 cm³/mol. The lowest BCUT2D eigenvalue weighted by atomic mass is 9.85. The molecule has 6 nitrogen and oxygen atoms in total. The molecule has 3 unspecified atom stereocenters. The fourth-order valence-electron chi connectivity index (χ4n) is 5.88. The normalized spacial score (nSPS) is 23.6. The van der Waals surface area contributed by atoms with Gasteiger partial charge in [-0.1, -0.05) is 30.3 Å². The van der Waals surface area contributed by atoms with Crippen LogP contribution in [-0.2, 0) is 10.1 Å². The van der Waals surface area contributed by atoms with Crippen molar-refractivity contribution in [2.75, 3.05) is 6.54 Å². The standard InChI is InChI=1S/C25H24F3N3O3S/c26-25(27,28)35(32,33)34-21-10-9-18(22-16-7-8-17(12-16)23(21)22)14-3-5-15(6-4-14)20-13-30-24(31-20)19-2-1-11-29-19/h3-6,9-10,13,16-17,19,29H,1-2,7-8,11-12H2,(H,30,31). The SMILES string of the molecule is O=S(=O)(Oc1ccc(-c2ccc(-c3cnc(C4CCCN4)[nH]3)cc2)c2c1C1CCC2C1)C(F)(F)F. The molecule has 0 amide bonds. The first kappa shape index (κ1) is 22.6. The molecule has 35 heavy (non-hydrogen) atoms. The number of fused-ring (bicyclic) bond motifs is 5. The van der Waals surface area contributed by atoms with Crippen LogP contribution in [0.3, 0.4) is 0 Å². The summed E-state index contributed by atoms with van der Waals surface area (Å²) in [5.74, 6) is 0.936. The van der Waals surface area contributed by atoms with Crippen LogP contribution >= 0.6 is 0 Å². The molecular weight excluding hydrogens is 479 g/mol. The summed E-state index contributed by atoms with van der Waals surface area (Å²) in [5.41, 5.74) is -0.189. The molecule has 2 N–H and O–H groups in total. The second kappa shape index (κ2) is 8.09. The Hall–Kier alpha value is -2.85. The van der Waals surface area contributed by atoms with Crippen LogP contribution in [0.15, 0.2) is 42.6 Å². The Bertz CT molecular complexity index is 1380. The molecule has 6 rings (SSSR count). The first-order valence-electron chi connectivity index (χ1n) is 11.8. The highest BCUT2D eigenvalue weighted by molar-refractivity contribution is 7.88. The molecule has 0 spiro atoms. The number of nitrogens with zero attached hydrogens (tertiary/aromatic N) is 1. The van der Waals surface area contributed by atoms with Crippen LogP contribution in [0.5, 0.6) is 5.75 Å². The van der Waals surface area contributed by atoms with E-state index in [4.69, 9.17) is 0 Å². The number of rotatable bonds is 5. The number of alkyl halides is 3. The Morgan fingerprint density at radius 1 is 0.943 bits per heavy atom. The highest BCUT2D eigenvalue weighted by atomic mass is 32.2. The van der Waals surface area contributed by atoms with Gasteiger partial charge in [-0.25, -0.2) is 4.98 Å². The van der Waals surface area contributed by atoms with Gasteiger partial charge in [0.15, 0.2) is 0 Å². The first-order valence-corrected chi connectivity index (χ1v) is 13.2. The summed E-state index contributed by atoms with van der Waals surface area (Å²) >= 11 is 0. The topological polar surface area (TPSA) is 84.1 Å². The van der Waals surface area contributed by atoms with E-state index in [2.05, 4.69) is 19.5 Å². The first-order chi connectivity index (χ1) is 16.7. The number of benzene rings is 2. The zero-order chi connectivity index (χ0) is 24.4. The average molecular weight is 504 g/mol. The van der Waals surface area contributed by atoms with Crippen LogP contribution in [0.2, 0.25) is 0 Å². The number of halogens is 3. The third-order valence-electron chi connectivity index (χ3n) is 7.47. The van der Waals surface area contributed by atoms with E-state index in [1.54, 1.807) is 6.07 Å². The summed E-state index contributed by atoms with van der Waals surface area (Å²) in [7, 11) is -5.72. The van der Waals surface area contributed by atoms with Gasteiger partial charge in [-0.3, -0.25) is 0 Å². The van der Waals surface area contributed by atoms with Gasteiger partial charge >= 0.3 is 15.6 Å². The maximum atomic E-state index is 12.9. The Morgan fingerprint density at radius 3 is 2.34 bits per heavy atom. The largest absolute Gasteiger partial charge is 0.534 e. The molecule has 2 aliphatic carbocycles. The maximum absolute atomic E-state index is 12.9. The van der Waals surface area contributed by atoms with Crippen LogP contribution in [0.25, 0.3) is 22.4 Å². The molecule has 3 aliphatic rings. The van der Waals surface area contributed by atoms with Crippen molar-refractivity contribution in [3.8, 4) is 28.1 Å². The number of hydrogen-bond donors (Lipinski definition) is 2. The van der Waals surface area contributed by atoms with Gasteiger partial charge in [0.1, 0.15) is 11.6 Å². The van der Waals surface area contributed by atoms with Crippen LogP contribution in [0, 0.1) is 0 Å². The number of nitrogens with one attached hydrogen (secondary N) is 2. The lowest BCUT2D eigenvalue weighted by Gasteiger charge is -2.22. The van der Waals surface area contributed by atoms with Crippen molar-refractivity contribution in [3.63, 3.8) is 0 Å². The number of imidazole rings is 1. The molecule has 3 aromatic rings. The van der Waals surface area contributed by atoms with Crippen LogP contribution in [0.4, 0.5) is 13.2 Å². The van der Waals surface area contributed by atoms with Gasteiger partial charge in [0.2, 0.25) is 0 Å².